The lowest BCUT2D eigenvalue weighted by atomic mass is 10.3. The summed E-state index contributed by atoms with van der Waals surface area (Å²) in [5.41, 5.74) is 1.05. The number of ether oxygens (including phenoxy) is 1. The van der Waals surface area contributed by atoms with Crippen molar-refractivity contribution >= 4 is 0 Å². The molecule has 1 rings (SSSR count). The molecule has 0 fully saturated rings. The molecule has 48 valence electrons. The third kappa shape index (κ3) is 1.64. The van der Waals surface area contributed by atoms with E-state index in [9.17, 15) is 0 Å². The van der Waals surface area contributed by atoms with Gasteiger partial charge in [-0.1, -0.05) is 6.08 Å². The predicted molar refractivity (Wildman–Crippen MR) is 34.7 cm³/mol. The summed E-state index contributed by atoms with van der Waals surface area (Å²) in [6, 6.07) is 0. The van der Waals surface area contributed by atoms with Gasteiger partial charge in [-0.05, 0) is 18.6 Å². The summed E-state index contributed by atoms with van der Waals surface area (Å²) in [6.07, 6.45) is 6.51. The van der Waals surface area contributed by atoms with Gasteiger partial charge in [0.2, 0.25) is 0 Å². The van der Waals surface area contributed by atoms with Crippen LogP contribution in [0.4, 0.5) is 0 Å². The van der Waals surface area contributed by atoms with Crippen LogP contribution in [0.5, 0.6) is 0 Å². The summed E-state index contributed by atoms with van der Waals surface area (Å²) in [7, 11) is 0. The van der Waals surface area contributed by atoms with Crippen LogP contribution in [0.15, 0.2) is 36.0 Å². The number of aliphatic hydroxyl groups excluding tert-OH is 1. The van der Waals surface area contributed by atoms with E-state index in [1.807, 2.05) is 6.92 Å². The smallest absolute Gasteiger partial charge is 0.281 e. The van der Waals surface area contributed by atoms with E-state index in [1.165, 1.54) is 12.3 Å². The third-order valence-corrected chi connectivity index (χ3v) is 1.01. The molecule has 0 aromatic carbocycles. The van der Waals surface area contributed by atoms with Crippen LogP contribution in [0.2, 0.25) is 0 Å². The lowest BCUT2D eigenvalue weighted by molar-refractivity contribution is 0.169. The van der Waals surface area contributed by atoms with Crippen molar-refractivity contribution in [2.45, 2.75) is 6.92 Å². The molecule has 0 aromatic rings. The van der Waals surface area contributed by atoms with Gasteiger partial charge in [-0.15, -0.1) is 0 Å². The molecule has 1 N–H and O–H groups in total. The lowest BCUT2D eigenvalue weighted by Crippen LogP contribution is -1.77. The fraction of sp³-hybridized carbons (Fsp3) is 0.143. The van der Waals surface area contributed by atoms with Gasteiger partial charge in [-0.2, -0.15) is 0 Å². The molecule has 0 saturated carbocycles. The van der Waals surface area contributed by atoms with Crippen LogP contribution in [0.3, 0.4) is 0 Å². The molecule has 0 unspecified atom stereocenters. The highest BCUT2D eigenvalue weighted by Gasteiger charge is 1.91. The summed E-state index contributed by atoms with van der Waals surface area (Å²) in [6.45, 7) is 1.93. The van der Waals surface area contributed by atoms with Crippen LogP contribution in [-0.2, 0) is 4.74 Å². The quantitative estimate of drug-likeness (QED) is 0.534. The van der Waals surface area contributed by atoms with Crippen molar-refractivity contribution in [2.24, 2.45) is 0 Å². The van der Waals surface area contributed by atoms with Crippen LogP contribution in [-0.4, -0.2) is 5.11 Å². The van der Waals surface area contributed by atoms with Crippen molar-refractivity contribution in [3.8, 4) is 0 Å². The van der Waals surface area contributed by atoms with E-state index in [1.54, 1.807) is 12.2 Å². The second-order valence-corrected chi connectivity index (χ2v) is 1.84. The zero-order valence-corrected chi connectivity index (χ0v) is 5.16. The first-order chi connectivity index (χ1) is 4.29. The minimum absolute atomic E-state index is 0.0666. The Bertz CT molecular complexity index is 187. The van der Waals surface area contributed by atoms with Gasteiger partial charge >= 0.3 is 0 Å². The molecule has 0 aliphatic carbocycles. The molecule has 0 atom stereocenters. The highest BCUT2D eigenvalue weighted by molar-refractivity contribution is 5.22. The molecule has 1 aliphatic rings. The highest BCUT2D eigenvalue weighted by Crippen LogP contribution is 2.04. The van der Waals surface area contributed by atoms with Crippen molar-refractivity contribution in [3.05, 3.63) is 36.0 Å². The average molecular weight is 124 g/mol. The Morgan fingerprint density at radius 2 is 2.22 bits per heavy atom. The number of rotatable bonds is 0. The largest absolute Gasteiger partial charge is 0.481 e. The summed E-state index contributed by atoms with van der Waals surface area (Å²) >= 11 is 0. The number of allylic oxidation sites excluding steroid dienone is 4. The van der Waals surface area contributed by atoms with Crippen molar-refractivity contribution in [1.82, 2.24) is 0 Å². The van der Waals surface area contributed by atoms with Crippen LogP contribution >= 0.6 is 0 Å². The second kappa shape index (κ2) is 2.40. The summed E-state index contributed by atoms with van der Waals surface area (Å²) in [5, 5.41) is 8.75. The summed E-state index contributed by atoms with van der Waals surface area (Å²) in [4.78, 5) is 0. The molecule has 0 radical (unpaired) electrons. The maximum Gasteiger partial charge on any atom is 0.281 e. The van der Waals surface area contributed by atoms with Crippen molar-refractivity contribution in [3.63, 3.8) is 0 Å². The van der Waals surface area contributed by atoms with Crippen LogP contribution in [0.1, 0.15) is 6.92 Å². The molecule has 0 spiro atoms. The fourth-order valence-electron chi connectivity index (χ4n) is 0.509. The highest BCUT2D eigenvalue weighted by atomic mass is 16.6. The van der Waals surface area contributed by atoms with Crippen LogP contribution in [0.25, 0.3) is 0 Å². The number of hydrogen-bond donors (Lipinski definition) is 1. The first-order valence-corrected chi connectivity index (χ1v) is 2.70. The standard InChI is InChI=1S/C7H8O2/c1-6-2-3-7(8)9-5-4-6/h2-5,8H,1H3. The van der Waals surface area contributed by atoms with E-state index < -0.39 is 0 Å². The second-order valence-electron chi connectivity index (χ2n) is 1.84. The molecule has 0 bridgehead atoms. The topological polar surface area (TPSA) is 29.5 Å². The molecule has 0 amide bonds. The van der Waals surface area contributed by atoms with E-state index in [0.29, 0.717) is 0 Å². The van der Waals surface area contributed by atoms with Gasteiger partial charge in [0.25, 0.3) is 5.95 Å². The molecule has 1 heterocycles. The van der Waals surface area contributed by atoms with Crippen molar-refractivity contribution in [2.75, 3.05) is 0 Å². The Morgan fingerprint density at radius 3 is 3.00 bits per heavy atom. The molecule has 1 aliphatic heterocycles. The molecule has 0 aromatic heterocycles. The minimum Gasteiger partial charge on any atom is -0.481 e. The maximum absolute atomic E-state index is 8.75. The number of aliphatic hydroxyl groups is 1. The monoisotopic (exact) mass is 124 g/mol. The van der Waals surface area contributed by atoms with E-state index in [-0.39, 0.29) is 5.95 Å². The first kappa shape index (κ1) is 5.95. The van der Waals surface area contributed by atoms with Crippen molar-refractivity contribution < 1.29 is 9.84 Å². The van der Waals surface area contributed by atoms with Gasteiger partial charge in [-0.25, -0.2) is 0 Å². The molecule has 2 heteroatoms. The Kier molecular flexibility index (Phi) is 1.58. The van der Waals surface area contributed by atoms with E-state index in [4.69, 9.17) is 5.11 Å². The molecule has 9 heavy (non-hydrogen) atoms. The van der Waals surface area contributed by atoms with E-state index in [0.717, 1.165) is 5.57 Å². The Hall–Kier alpha value is -1.18. The van der Waals surface area contributed by atoms with Crippen LogP contribution < -0.4 is 0 Å². The van der Waals surface area contributed by atoms with E-state index >= 15 is 0 Å². The van der Waals surface area contributed by atoms with Gasteiger partial charge in [0.15, 0.2) is 0 Å². The third-order valence-electron chi connectivity index (χ3n) is 1.01. The normalized spacial score (nSPS) is 17.4. The Labute approximate surface area is 53.8 Å². The van der Waals surface area contributed by atoms with Gasteiger partial charge < -0.3 is 9.84 Å². The Morgan fingerprint density at radius 1 is 1.44 bits per heavy atom. The zero-order chi connectivity index (χ0) is 6.69. The lowest BCUT2D eigenvalue weighted by Gasteiger charge is -1.91. The van der Waals surface area contributed by atoms with Crippen molar-refractivity contribution in [1.29, 1.82) is 0 Å². The van der Waals surface area contributed by atoms with Gasteiger partial charge in [0.05, 0.1) is 6.26 Å². The minimum atomic E-state index is -0.0666. The summed E-state index contributed by atoms with van der Waals surface area (Å²) in [5.74, 6) is -0.0666. The molecular formula is C7H8O2. The first-order valence-electron chi connectivity index (χ1n) is 2.70. The van der Waals surface area contributed by atoms with Crippen LogP contribution in [0, 0.1) is 0 Å². The molecule has 0 saturated heterocycles. The van der Waals surface area contributed by atoms with Gasteiger partial charge in [-0.3, -0.25) is 0 Å². The zero-order valence-electron chi connectivity index (χ0n) is 5.16. The van der Waals surface area contributed by atoms with Gasteiger partial charge in [0, 0.05) is 6.08 Å². The molecule has 2 nitrogen and oxygen atoms in total. The SMILES string of the molecule is CC1=CC=C(O)OC=C1. The fourth-order valence-corrected chi connectivity index (χ4v) is 0.509. The Balaban J connectivity index is 2.80. The van der Waals surface area contributed by atoms with E-state index in [2.05, 4.69) is 4.74 Å². The van der Waals surface area contributed by atoms with Gasteiger partial charge in [0.1, 0.15) is 0 Å². The summed E-state index contributed by atoms with van der Waals surface area (Å²) < 4.78 is 4.66. The average Bonchev–Trinajstić information content (AvgIpc) is 1.97. The molecular weight excluding hydrogens is 116 g/mol. The predicted octanol–water partition coefficient (Wildman–Crippen LogP) is 1.88. The number of hydrogen-bond acceptors (Lipinski definition) is 2. The maximum atomic E-state index is 8.75.